The number of rotatable bonds is 4. The van der Waals surface area contributed by atoms with Gasteiger partial charge in [-0.1, -0.05) is 24.2 Å². The molecular formula is C20H26N2O3. The Morgan fingerprint density at radius 1 is 1.28 bits per heavy atom. The number of nitrogens with zero attached hydrogens (tertiary/aromatic N) is 2. The average molecular weight is 342 g/mol. The lowest BCUT2D eigenvalue weighted by Gasteiger charge is -2.22. The Kier molecular flexibility index (Phi) is 5.41. The van der Waals surface area contributed by atoms with Crippen LogP contribution in [-0.4, -0.2) is 29.1 Å². The molecule has 134 valence electrons. The summed E-state index contributed by atoms with van der Waals surface area (Å²) in [6.45, 7) is 8.01. The van der Waals surface area contributed by atoms with Gasteiger partial charge in [-0.2, -0.15) is 0 Å². The summed E-state index contributed by atoms with van der Waals surface area (Å²) in [7, 11) is 0. The molecule has 5 nitrogen and oxygen atoms in total. The van der Waals surface area contributed by atoms with E-state index in [2.05, 4.69) is 12.1 Å². The normalized spacial score (nSPS) is 18.0. The Morgan fingerprint density at radius 2 is 2.08 bits per heavy atom. The number of hydrogen-bond donors (Lipinski definition) is 0. The molecule has 25 heavy (non-hydrogen) atoms. The van der Waals surface area contributed by atoms with Crippen molar-refractivity contribution in [2.45, 2.75) is 46.6 Å². The molecule has 0 aliphatic carbocycles. The van der Waals surface area contributed by atoms with Crippen LogP contribution in [-0.2, 0) is 6.61 Å². The van der Waals surface area contributed by atoms with E-state index in [0.717, 1.165) is 42.9 Å². The fourth-order valence-electron chi connectivity index (χ4n) is 3.26. The van der Waals surface area contributed by atoms with E-state index in [9.17, 15) is 4.79 Å². The van der Waals surface area contributed by atoms with Crippen molar-refractivity contribution >= 4 is 5.91 Å². The Balaban J connectivity index is 1.75. The minimum absolute atomic E-state index is 0.0588. The minimum atomic E-state index is 0.0588. The molecule has 1 aliphatic rings. The quantitative estimate of drug-likeness (QED) is 0.838. The van der Waals surface area contributed by atoms with Crippen molar-refractivity contribution < 1.29 is 14.1 Å². The van der Waals surface area contributed by atoms with Crippen LogP contribution in [0.3, 0.4) is 0 Å². The lowest BCUT2D eigenvalue weighted by Crippen LogP contribution is -2.32. The Morgan fingerprint density at radius 3 is 2.84 bits per heavy atom. The van der Waals surface area contributed by atoms with Crippen molar-refractivity contribution in [3.63, 3.8) is 0 Å². The van der Waals surface area contributed by atoms with Crippen LogP contribution < -0.4 is 4.74 Å². The number of hydrogen-bond acceptors (Lipinski definition) is 4. The van der Waals surface area contributed by atoms with E-state index in [4.69, 9.17) is 9.26 Å². The van der Waals surface area contributed by atoms with Crippen LogP contribution in [0.1, 0.15) is 53.6 Å². The summed E-state index contributed by atoms with van der Waals surface area (Å²) in [5.41, 5.74) is 2.39. The van der Waals surface area contributed by atoms with Gasteiger partial charge in [0.25, 0.3) is 5.91 Å². The molecule has 0 radical (unpaired) electrons. The van der Waals surface area contributed by atoms with Gasteiger partial charge in [-0.25, -0.2) is 0 Å². The van der Waals surface area contributed by atoms with Gasteiger partial charge in [0, 0.05) is 13.1 Å². The molecule has 1 aliphatic heterocycles. The number of carbonyl (C=O) groups excluding carboxylic acids is 1. The highest BCUT2D eigenvalue weighted by Crippen LogP contribution is 2.25. The molecule has 1 fully saturated rings. The molecule has 1 saturated heterocycles. The number of para-hydroxylation sites is 1. The molecule has 2 aromatic rings. The summed E-state index contributed by atoms with van der Waals surface area (Å²) < 4.78 is 11.1. The third-order valence-corrected chi connectivity index (χ3v) is 4.97. The van der Waals surface area contributed by atoms with E-state index in [1.165, 1.54) is 6.42 Å². The first-order chi connectivity index (χ1) is 12.1. The molecule has 3 rings (SSSR count). The molecule has 0 bridgehead atoms. The first kappa shape index (κ1) is 17.5. The SMILES string of the molecule is Cc1noc(C)c1COc1ccccc1C(=O)N1CCC[C@H](C)CC1. The second-order valence-corrected chi connectivity index (χ2v) is 6.92. The van der Waals surface area contributed by atoms with Crippen molar-refractivity contribution in [3.05, 3.63) is 46.8 Å². The van der Waals surface area contributed by atoms with Gasteiger partial charge >= 0.3 is 0 Å². The van der Waals surface area contributed by atoms with Crippen LogP contribution in [0.5, 0.6) is 5.75 Å². The van der Waals surface area contributed by atoms with Crippen LogP contribution in [0.15, 0.2) is 28.8 Å². The van der Waals surface area contributed by atoms with E-state index in [1.54, 1.807) is 0 Å². The van der Waals surface area contributed by atoms with Crippen molar-refractivity contribution in [2.24, 2.45) is 5.92 Å². The molecule has 1 atom stereocenters. The number of aromatic nitrogens is 1. The molecule has 2 heterocycles. The van der Waals surface area contributed by atoms with E-state index < -0.39 is 0 Å². The zero-order valence-electron chi connectivity index (χ0n) is 15.2. The first-order valence-electron chi connectivity index (χ1n) is 8.99. The van der Waals surface area contributed by atoms with Gasteiger partial charge in [-0.05, 0) is 51.2 Å². The zero-order valence-corrected chi connectivity index (χ0v) is 15.2. The number of amides is 1. The molecule has 1 amide bonds. The number of likely N-dealkylation sites (tertiary alicyclic amines) is 1. The van der Waals surface area contributed by atoms with Gasteiger partial charge < -0.3 is 14.2 Å². The number of benzene rings is 1. The van der Waals surface area contributed by atoms with Crippen molar-refractivity contribution in [2.75, 3.05) is 13.1 Å². The molecule has 0 unspecified atom stereocenters. The number of aryl methyl sites for hydroxylation is 2. The first-order valence-corrected chi connectivity index (χ1v) is 8.99. The highest BCUT2D eigenvalue weighted by Gasteiger charge is 2.22. The summed E-state index contributed by atoms with van der Waals surface area (Å²) in [5.74, 6) is 2.11. The standard InChI is InChI=1S/C20H26N2O3/c1-14-7-6-11-22(12-10-14)20(23)17-8-4-5-9-19(17)24-13-18-15(2)21-25-16(18)3/h4-5,8-9,14H,6-7,10-13H2,1-3H3/t14-/m0/s1. The molecule has 0 N–H and O–H groups in total. The summed E-state index contributed by atoms with van der Waals surface area (Å²) in [4.78, 5) is 15.0. The number of carbonyl (C=O) groups is 1. The number of ether oxygens (including phenoxy) is 1. The average Bonchev–Trinajstić information content (AvgIpc) is 2.80. The topological polar surface area (TPSA) is 55.6 Å². The summed E-state index contributed by atoms with van der Waals surface area (Å²) in [6, 6.07) is 7.48. The predicted octanol–water partition coefficient (Wildman–Crippen LogP) is 4.13. The van der Waals surface area contributed by atoms with E-state index in [0.29, 0.717) is 23.8 Å². The third-order valence-electron chi connectivity index (χ3n) is 4.97. The van der Waals surface area contributed by atoms with Crippen LogP contribution >= 0.6 is 0 Å². The van der Waals surface area contributed by atoms with E-state index in [1.807, 2.05) is 43.0 Å². The van der Waals surface area contributed by atoms with Gasteiger partial charge in [0.05, 0.1) is 16.8 Å². The smallest absolute Gasteiger partial charge is 0.257 e. The molecule has 0 saturated carbocycles. The molecule has 0 spiro atoms. The van der Waals surface area contributed by atoms with Crippen LogP contribution in [0, 0.1) is 19.8 Å². The van der Waals surface area contributed by atoms with Crippen LogP contribution in [0.4, 0.5) is 0 Å². The predicted molar refractivity (Wildman–Crippen MR) is 95.7 cm³/mol. The zero-order chi connectivity index (χ0) is 17.8. The van der Waals surface area contributed by atoms with Crippen molar-refractivity contribution in [1.29, 1.82) is 0 Å². The second-order valence-electron chi connectivity index (χ2n) is 6.92. The lowest BCUT2D eigenvalue weighted by atomic mass is 10.0. The largest absolute Gasteiger partial charge is 0.488 e. The van der Waals surface area contributed by atoms with Gasteiger partial charge in [-0.15, -0.1) is 0 Å². The fraction of sp³-hybridized carbons (Fsp3) is 0.500. The highest BCUT2D eigenvalue weighted by molar-refractivity contribution is 5.97. The maximum Gasteiger partial charge on any atom is 0.257 e. The second kappa shape index (κ2) is 7.72. The van der Waals surface area contributed by atoms with Crippen LogP contribution in [0.25, 0.3) is 0 Å². The molecule has 1 aromatic heterocycles. The maximum absolute atomic E-state index is 13.0. The van der Waals surface area contributed by atoms with Gasteiger partial charge in [0.15, 0.2) is 0 Å². The van der Waals surface area contributed by atoms with Crippen LogP contribution in [0.2, 0.25) is 0 Å². The van der Waals surface area contributed by atoms with Gasteiger partial charge in [0.1, 0.15) is 18.1 Å². The van der Waals surface area contributed by atoms with E-state index >= 15 is 0 Å². The third kappa shape index (κ3) is 4.03. The fourth-order valence-corrected chi connectivity index (χ4v) is 3.26. The summed E-state index contributed by atoms with van der Waals surface area (Å²) >= 11 is 0. The van der Waals surface area contributed by atoms with Gasteiger partial charge in [0.2, 0.25) is 0 Å². The molecular weight excluding hydrogens is 316 g/mol. The minimum Gasteiger partial charge on any atom is -0.488 e. The molecule has 1 aromatic carbocycles. The Bertz CT molecular complexity index is 719. The Hall–Kier alpha value is -2.30. The van der Waals surface area contributed by atoms with Gasteiger partial charge in [-0.3, -0.25) is 4.79 Å². The van der Waals surface area contributed by atoms with Crippen molar-refractivity contribution in [1.82, 2.24) is 10.1 Å². The summed E-state index contributed by atoms with van der Waals surface area (Å²) in [6.07, 6.45) is 3.32. The monoisotopic (exact) mass is 342 g/mol. The summed E-state index contributed by atoms with van der Waals surface area (Å²) in [5, 5.41) is 3.95. The molecule has 5 heteroatoms. The highest BCUT2D eigenvalue weighted by atomic mass is 16.5. The maximum atomic E-state index is 13.0. The van der Waals surface area contributed by atoms with E-state index in [-0.39, 0.29) is 5.91 Å². The Labute approximate surface area is 148 Å². The lowest BCUT2D eigenvalue weighted by molar-refractivity contribution is 0.0755. The van der Waals surface area contributed by atoms with Crippen molar-refractivity contribution in [3.8, 4) is 5.75 Å².